The molecule has 122 valence electrons. The maximum atomic E-state index is 13.6. The van der Waals surface area contributed by atoms with Crippen LogP contribution in [0.4, 0.5) is 4.39 Å². The Hall–Kier alpha value is -3.27. The molecule has 0 amide bonds. The van der Waals surface area contributed by atoms with Gasteiger partial charge in [-0.15, -0.1) is 0 Å². The number of ketones is 1. The lowest BCUT2D eigenvalue weighted by atomic mass is 10.0. The van der Waals surface area contributed by atoms with Gasteiger partial charge in [0.2, 0.25) is 0 Å². The predicted octanol–water partition coefficient (Wildman–Crippen LogP) is 5.24. The summed E-state index contributed by atoms with van der Waals surface area (Å²) >= 11 is 0. The number of H-pyrrole nitrogens is 1. The zero-order valence-electron chi connectivity index (χ0n) is 13.6. The quantitative estimate of drug-likeness (QED) is 0.522. The summed E-state index contributed by atoms with van der Waals surface area (Å²) in [5, 5.41) is 0.978. The first-order chi connectivity index (χ1) is 12.1. The Bertz CT molecular complexity index is 1080. The zero-order valence-corrected chi connectivity index (χ0v) is 13.6. The van der Waals surface area contributed by atoms with Crippen molar-refractivity contribution in [2.24, 2.45) is 0 Å². The van der Waals surface area contributed by atoms with E-state index < -0.39 is 0 Å². The van der Waals surface area contributed by atoms with Crippen molar-refractivity contribution in [3.63, 3.8) is 0 Å². The molecule has 0 unspecified atom stereocenters. The molecule has 1 N–H and O–H groups in total. The molecular weight excluding hydrogens is 315 g/mol. The smallest absolute Gasteiger partial charge is 0.159 e. The van der Waals surface area contributed by atoms with Crippen LogP contribution in [0.15, 0.2) is 67.0 Å². The number of carbonyl (C=O) groups excluding carboxylic acids is 1. The second-order valence-electron chi connectivity index (χ2n) is 5.93. The maximum Gasteiger partial charge on any atom is 0.159 e. The number of hydrogen-bond donors (Lipinski definition) is 1. The SMILES string of the molecule is CC(=O)c1ccc(-c2nccc3c(-c4cccc(F)c4)c[nH]c23)cc1. The number of rotatable bonds is 3. The monoisotopic (exact) mass is 330 g/mol. The van der Waals surface area contributed by atoms with Gasteiger partial charge in [-0.25, -0.2) is 4.39 Å². The van der Waals surface area contributed by atoms with Crippen LogP contribution in [-0.2, 0) is 0 Å². The molecule has 0 aliphatic carbocycles. The molecule has 0 radical (unpaired) electrons. The summed E-state index contributed by atoms with van der Waals surface area (Å²) in [6, 6.07) is 15.8. The van der Waals surface area contributed by atoms with Gasteiger partial charge in [0.15, 0.2) is 5.78 Å². The largest absolute Gasteiger partial charge is 0.359 e. The van der Waals surface area contributed by atoms with E-state index in [4.69, 9.17) is 0 Å². The minimum atomic E-state index is -0.263. The van der Waals surface area contributed by atoms with Gasteiger partial charge < -0.3 is 4.98 Å². The number of nitrogens with one attached hydrogen (secondary N) is 1. The Morgan fingerprint density at radius 3 is 2.56 bits per heavy atom. The molecule has 0 aliphatic rings. The molecule has 4 aromatic rings. The molecule has 2 aromatic heterocycles. The Balaban J connectivity index is 1.85. The van der Waals surface area contributed by atoms with Gasteiger partial charge in [0, 0.05) is 34.5 Å². The Labute approximate surface area is 144 Å². The number of aromatic amines is 1. The fourth-order valence-electron chi connectivity index (χ4n) is 3.03. The van der Waals surface area contributed by atoms with E-state index in [1.807, 2.05) is 30.5 Å². The third-order valence-corrected chi connectivity index (χ3v) is 4.30. The Morgan fingerprint density at radius 1 is 1.04 bits per heavy atom. The van der Waals surface area contributed by atoms with Crippen LogP contribution in [0.5, 0.6) is 0 Å². The summed E-state index contributed by atoms with van der Waals surface area (Å²) in [6.45, 7) is 1.55. The second kappa shape index (κ2) is 5.98. The van der Waals surface area contributed by atoms with E-state index in [1.165, 1.54) is 12.1 Å². The Kier molecular flexibility index (Phi) is 3.65. The van der Waals surface area contributed by atoms with Gasteiger partial charge in [-0.3, -0.25) is 9.78 Å². The van der Waals surface area contributed by atoms with Crippen molar-refractivity contribution < 1.29 is 9.18 Å². The zero-order chi connectivity index (χ0) is 17.4. The van der Waals surface area contributed by atoms with Crippen molar-refractivity contribution in [1.82, 2.24) is 9.97 Å². The van der Waals surface area contributed by atoms with Crippen molar-refractivity contribution in [3.8, 4) is 22.4 Å². The van der Waals surface area contributed by atoms with E-state index in [0.717, 1.165) is 33.3 Å². The summed E-state index contributed by atoms with van der Waals surface area (Å²) < 4.78 is 13.6. The molecule has 0 atom stereocenters. The molecule has 4 rings (SSSR count). The average molecular weight is 330 g/mol. The van der Waals surface area contributed by atoms with Crippen molar-refractivity contribution >= 4 is 16.7 Å². The van der Waals surface area contributed by atoms with Crippen molar-refractivity contribution in [2.75, 3.05) is 0 Å². The molecule has 0 bridgehead atoms. The maximum absolute atomic E-state index is 13.6. The van der Waals surface area contributed by atoms with E-state index in [-0.39, 0.29) is 11.6 Å². The highest BCUT2D eigenvalue weighted by molar-refractivity contribution is 6.02. The summed E-state index contributed by atoms with van der Waals surface area (Å²) in [6.07, 6.45) is 3.61. The standard InChI is InChI=1S/C21H15FN2O/c1-13(25)14-5-7-15(8-6-14)20-21-18(9-10-23-20)19(12-24-21)16-3-2-4-17(22)11-16/h2-12,24H,1H3. The van der Waals surface area contributed by atoms with Gasteiger partial charge in [-0.2, -0.15) is 0 Å². The number of carbonyl (C=O) groups is 1. The van der Waals surface area contributed by atoms with Crippen LogP contribution in [0.25, 0.3) is 33.3 Å². The molecule has 0 aliphatic heterocycles. The lowest BCUT2D eigenvalue weighted by Gasteiger charge is -2.05. The molecule has 0 saturated carbocycles. The molecule has 25 heavy (non-hydrogen) atoms. The average Bonchev–Trinajstić information content (AvgIpc) is 3.06. The summed E-state index contributed by atoms with van der Waals surface area (Å²) in [4.78, 5) is 19.2. The van der Waals surface area contributed by atoms with Gasteiger partial charge >= 0.3 is 0 Å². The molecule has 0 fully saturated rings. The van der Waals surface area contributed by atoms with Crippen molar-refractivity contribution in [2.45, 2.75) is 6.92 Å². The number of halogens is 1. The highest BCUT2D eigenvalue weighted by Crippen LogP contribution is 2.33. The van der Waals surface area contributed by atoms with Crippen LogP contribution in [0.1, 0.15) is 17.3 Å². The first-order valence-electron chi connectivity index (χ1n) is 7.97. The van der Waals surface area contributed by atoms with Gasteiger partial charge in [0.05, 0.1) is 11.2 Å². The number of aromatic nitrogens is 2. The van der Waals surface area contributed by atoms with E-state index in [1.54, 1.807) is 31.3 Å². The van der Waals surface area contributed by atoms with Crippen LogP contribution in [0, 0.1) is 5.82 Å². The van der Waals surface area contributed by atoms with E-state index in [2.05, 4.69) is 9.97 Å². The first kappa shape index (κ1) is 15.3. The van der Waals surface area contributed by atoms with Crippen LogP contribution in [-0.4, -0.2) is 15.8 Å². The van der Waals surface area contributed by atoms with E-state index >= 15 is 0 Å². The summed E-state index contributed by atoms with van der Waals surface area (Å²) in [5.41, 5.74) is 5.02. The molecule has 4 heteroatoms. The van der Waals surface area contributed by atoms with Gasteiger partial charge in [0.1, 0.15) is 5.82 Å². The second-order valence-corrected chi connectivity index (χ2v) is 5.93. The van der Waals surface area contributed by atoms with Crippen LogP contribution < -0.4 is 0 Å². The first-order valence-corrected chi connectivity index (χ1v) is 7.97. The summed E-state index contributed by atoms with van der Waals surface area (Å²) in [5.74, 6) is -0.230. The van der Waals surface area contributed by atoms with Gasteiger partial charge in [-0.1, -0.05) is 36.4 Å². The predicted molar refractivity (Wildman–Crippen MR) is 96.9 cm³/mol. The minimum Gasteiger partial charge on any atom is -0.359 e. The number of pyridine rings is 1. The van der Waals surface area contributed by atoms with Crippen LogP contribution in [0.3, 0.4) is 0 Å². The molecular formula is C21H15FN2O. The van der Waals surface area contributed by atoms with Crippen LogP contribution in [0.2, 0.25) is 0 Å². The third kappa shape index (κ3) is 2.72. The molecule has 0 spiro atoms. The fourth-order valence-corrected chi connectivity index (χ4v) is 3.03. The molecule has 2 aromatic carbocycles. The summed E-state index contributed by atoms with van der Waals surface area (Å²) in [7, 11) is 0. The van der Waals surface area contributed by atoms with Crippen molar-refractivity contribution in [3.05, 3.63) is 78.4 Å². The number of hydrogen-bond acceptors (Lipinski definition) is 2. The number of benzene rings is 2. The van der Waals surface area contributed by atoms with Crippen molar-refractivity contribution in [1.29, 1.82) is 0 Å². The number of Topliss-reactive ketones (excluding diaryl/α,β-unsaturated/α-hetero) is 1. The third-order valence-electron chi connectivity index (χ3n) is 4.30. The number of fused-ring (bicyclic) bond motifs is 1. The molecule has 0 saturated heterocycles. The molecule has 2 heterocycles. The van der Waals surface area contributed by atoms with Gasteiger partial charge in [-0.05, 0) is 30.7 Å². The molecule has 3 nitrogen and oxygen atoms in total. The van der Waals surface area contributed by atoms with Gasteiger partial charge in [0.25, 0.3) is 0 Å². The lowest BCUT2D eigenvalue weighted by Crippen LogP contribution is -1.92. The highest BCUT2D eigenvalue weighted by Gasteiger charge is 2.12. The minimum absolute atomic E-state index is 0.0333. The normalized spacial score (nSPS) is 11.0. The Morgan fingerprint density at radius 2 is 1.84 bits per heavy atom. The van der Waals surface area contributed by atoms with E-state index in [0.29, 0.717) is 5.56 Å². The number of nitrogens with zero attached hydrogens (tertiary/aromatic N) is 1. The van der Waals surface area contributed by atoms with Crippen LogP contribution >= 0.6 is 0 Å². The fraction of sp³-hybridized carbons (Fsp3) is 0.0476. The van der Waals surface area contributed by atoms with E-state index in [9.17, 15) is 9.18 Å². The lowest BCUT2D eigenvalue weighted by molar-refractivity contribution is 0.101. The topological polar surface area (TPSA) is 45.8 Å². The highest BCUT2D eigenvalue weighted by atomic mass is 19.1.